The predicted molar refractivity (Wildman–Crippen MR) is 81.5 cm³/mol. The molecule has 5 nitrogen and oxygen atoms in total. The van der Waals surface area contributed by atoms with Crippen molar-refractivity contribution in [2.24, 2.45) is 0 Å². The number of aromatic hydroxyl groups is 2. The maximum absolute atomic E-state index is 11.8. The summed E-state index contributed by atoms with van der Waals surface area (Å²) in [6.45, 7) is 3.85. The minimum Gasteiger partial charge on any atom is -0.504 e. The fourth-order valence-electron chi connectivity index (χ4n) is 1.85. The van der Waals surface area contributed by atoms with Crippen LogP contribution in [0.15, 0.2) is 36.4 Å². The topological polar surface area (TPSA) is 76.0 Å². The highest BCUT2D eigenvalue weighted by molar-refractivity contribution is 5.93. The van der Waals surface area contributed by atoms with Gasteiger partial charge in [-0.25, -0.2) is 4.79 Å². The lowest BCUT2D eigenvalue weighted by Gasteiger charge is -2.10. The van der Waals surface area contributed by atoms with Gasteiger partial charge in [0.1, 0.15) is 24.5 Å². The summed E-state index contributed by atoms with van der Waals surface area (Å²) >= 11 is 0. The van der Waals surface area contributed by atoms with Crippen molar-refractivity contribution in [2.45, 2.75) is 13.8 Å². The first kappa shape index (κ1) is 15.7. The van der Waals surface area contributed by atoms with Crippen LogP contribution in [0.25, 0.3) is 0 Å². The van der Waals surface area contributed by atoms with Gasteiger partial charge in [0.2, 0.25) is 0 Å². The number of carbonyl (C=O) groups excluding carboxylic acids is 1. The monoisotopic (exact) mass is 302 g/mol. The Morgan fingerprint density at radius 1 is 0.955 bits per heavy atom. The molecule has 0 fully saturated rings. The number of hydrogen-bond acceptors (Lipinski definition) is 5. The van der Waals surface area contributed by atoms with Gasteiger partial charge in [0.05, 0.1) is 0 Å². The van der Waals surface area contributed by atoms with Crippen LogP contribution in [0.3, 0.4) is 0 Å². The molecule has 5 heteroatoms. The first-order valence-corrected chi connectivity index (χ1v) is 6.87. The van der Waals surface area contributed by atoms with E-state index in [-0.39, 0.29) is 24.5 Å². The van der Waals surface area contributed by atoms with Gasteiger partial charge in [0.15, 0.2) is 11.5 Å². The zero-order chi connectivity index (χ0) is 16.1. The van der Waals surface area contributed by atoms with Crippen molar-refractivity contribution < 1.29 is 24.5 Å². The van der Waals surface area contributed by atoms with Crippen molar-refractivity contribution in [1.82, 2.24) is 0 Å². The molecule has 2 aromatic rings. The van der Waals surface area contributed by atoms with Crippen LogP contribution in [0.4, 0.5) is 0 Å². The van der Waals surface area contributed by atoms with Crippen LogP contribution in [0.1, 0.15) is 21.5 Å². The summed E-state index contributed by atoms with van der Waals surface area (Å²) in [4.78, 5) is 11.8. The number of phenols is 2. The molecule has 2 rings (SSSR count). The van der Waals surface area contributed by atoms with Gasteiger partial charge in [-0.1, -0.05) is 23.8 Å². The highest BCUT2D eigenvalue weighted by atomic mass is 16.6. The molecular formula is C17H18O5. The molecule has 0 aliphatic rings. The van der Waals surface area contributed by atoms with E-state index in [9.17, 15) is 15.0 Å². The van der Waals surface area contributed by atoms with E-state index in [2.05, 4.69) is 0 Å². The number of hydrogen-bond donors (Lipinski definition) is 2. The Morgan fingerprint density at radius 3 is 2.32 bits per heavy atom. The van der Waals surface area contributed by atoms with E-state index in [1.807, 2.05) is 31.2 Å². The van der Waals surface area contributed by atoms with Gasteiger partial charge in [0, 0.05) is 0 Å². The third-order valence-electron chi connectivity index (χ3n) is 3.18. The third-order valence-corrected chi connectivity index (χ3v) is 3.18. The van der Waals surface area contributed by atoms with Crippen LogP contribution >= 0.6 is 0 Å². The van der Waals surface area contributed by atoms with E-state index in [4.69, 9.17) is 9.47 Å². The fraction of sp³-hybridized carbons (Fsp3) is 0.235. The van der Waals surface area contributed by atoms with Crippen LogP contribution in [-0.4, -0.2) is 29.4 Å². The van der Waals surface area contributed by atoms with Crippen LogP contribution in [0, 0.1) is 13.8 Å². The number of benzene rings is 2. The fourth-order valence-corrected chi connectivity index (χ4v) is 1.85. The summed E-state index contributed by atoms with van der Waals surface area (Å²) in [6, 6.07) is 10.5. The van der Waals surface area contributed by atoms with E-state index in [0.29, 0.717) is 11.3 Å². The van der Waals surface area contributed by atoms with Crippen LogP contribution < -0.4 is 4.74 Å². The van der Waals surface area contributed by atoms with Gasteiger partial charge < -0.3 is 19.7 Å². The molecule has 2 N–H and O–H groups in total. The van der Waals surface area contributed by atoms with Crippen molar-refractivity contribution in [2.75, 3.05) is 13.2 Å². The van der Waals surface area contributed by atoms with E-state index in [0.717, 1.165) is 5.56 Å². The standard InChI is InChI=1S/C17H18O5/c1-11-3-6-13(7-4-11)21-9-10-22-17(20)14-8-5-12(2)15(18)16(14)19/h3-8,18-19H,9-10H2,1-2H3. The molecule has 0 amide bonds. The molecule has 0 saturated carbocycles. The van der Waals surface area contributed by atoms with Gasteiger partial charge in [0.25, 0.3) is 0 Å². The maximum Gasteiger partial charge on any atom is 0.342 e. The molecule has 0 heterocycles. The Hall–Kier alpha value is -2.69. The summed E-state index contributed by atoms with van der Waals surface area (Å²) in [5.41, 5.74) is 1.55. The zero-order valence-corrected chi connectivity index (χ0v) is 12.5. The molecule has 0 bridgehead atoms. The molecule has 116 valence electrons. The molecule has 0 atom stereocenters. The largest absolute Gasteiger partial charge is 0.504 e. The third kappa shape index (κ3) is 3.69. The molecule has 2 aromatic carbocycles. The molecule has 0 aliphatic heterocycles. The Kier molecular flexibility index (Phi) is 4.88. The summed E-state index contributed by atoms with van der Waals surface area (Å²) < 4.78 is 10.4. The summed E-state index contributed by atoms with van der Waals surface area (Å²) in [6.07, 6.45) is 0. The second kappa shape index (κ2) is 6.85. The second-order valence-electron chi connectivity index (χ2n) is 4.92. The average molecular weight is 302 g/mol. The predicted octanol–water partition coefficient (Wildman–Crippen LogP) is 2.95. The second-order valence-corrected chi connectivity index (χ2v) is 4.92. The highest BCUT2D eigenvalue weighted by Gasteiger charge is 2.17. The molecule has 0 spiro atoms. The van der Waals surface area contributed by atoms with Gasteiger partial charge >= 0.3 is 5.97 Å². The number of phenolic OH excluding ortho intramolecular Hbond substituents is 2. The van der Waals surface area contributed by atoms with Gasteiger partial charge in [-0.15, -0.1) is 0 Å². The lowest BCUT2D eigenvalue weighted by Crippen LogP contribution is -2.12. The molecule has 0 radical (unpaired) electrons. The van der Waals surface area contributed by atoms with E-state index >= 15 is 0 Å². The number of esters is 1. The lowest BCUT2D eigenvalue weighted by molar-refractivity contribution is 0.0446. The zero-order valence-electron chi connectivity index (χ0n) is 12.5. The molecular weight excluding hydrogens is 284 g/mol. The molecule has 0 saturated heterocycles. The Labute approximate surface area is 128 Å². The minimum atomic E-state index is -0.708. The normalized spacial score (nSPS) is 10.3. The number of rotatable bonds is 5. The van der Waals surface area contributed by atoms with Crippen LogP contribution in [0.2, 0.25) is 0 Å². The lowest BCUT2D eigenvalue weighted by atomic mass is 10.1. The first-order chi connectivity index (χ1) is 10.5. The Morgan fingerprint density at radius 2 is 1.64 bits per heavy atom. The first-order valence-electron chi connectivity index (χ1n) is 6.87. The summed E-state index contributed by atoms with van der Waals surface area (Å²) in [5.74, 6) is -0.799. The number of carbonyl (C=O) groups is 1. The summed E-state index contributed by atoms with van der Waals surface area (Å²) in [7, 11) is 0. The number of aryl methyl sites for hydroxylation is 2. The summed E-state index contributed by atoms with van der Waals surface area (Å²) in [5, 5.41) is 19.3. The van der Waals surface area contributed by atoms with E-state index in [1.54, 1.807) is 6.92 Å². The van der Waals surface area contributed by atoms with E-state index in [1.165, 1.54) is 12.1 Å². The van der Waals surface area contributed by atoms with Crippen molar-refractivity contribution in [1.29, 1.82) is 0 Å². The smallest absolute Gasteiger partial charge is 0.342 e. The van der Waals surface area contributed by atoms with Gasteiger partial charge in [-0.05, 0) is 37.6 Å². The molecule has 0 aliphatic carbocycles. The highest BCUT2D eigenvalue weighted by Crippen LogP contribution is 2.32. The van der Waals surface area contributed by atoms with Crippen molar-refractivity contribution in [3.8, 4) is 17.2 Å². The molecule has 0 aromatic heterocycles. The SMILES string of the molecule is Cc1ccc(OCCOC(=O)c2ccc(C)c(O)c2O)cc1. The number of ether oxygens (including phenoxy) is 2. The van der Waals surface area contributed by atoms with Crippen molar-refractivity contribution in [3.05, 3.63) is 53.1 Å². The Bertz CT molecular complexity index is 661. The molecule has 0 unspecified atom stereocenters. The van der Waals surface area contributed by atoms with Crippen LogP contribution in [-0.2, 0) is 4.74 Å². The average Bonchev–Trinajstić information content (AvgIpc) is 2.51. The van der Waals surface area contributed by atoms with E-state index < -0.39 is 11.7 Å². The quantitative estimate of drug-likeness (QED) is 0.504. The van der Waals surface area contributed by atoms with Gasteiger partial charge in [-0.3, -0.25) is 0 Å². The maximum atomic E-state index is 11.8. The van der Waals surface area contributed by atoms with Gasteiger partial charge in [-0.2, -0.15) is 0 Å². The Balaban J connectivity index is 1.85. The van der Waals surface area contributed by atoms with Crippen LogP contribution in [0.5, 0.6) is 17.2 Å². The molecule has 22 heavy (non-hydrogen) atoms. The van der Waals surface area contributed by atoms with Crippen molar-refractivity contribution >= 4 is 5.97 Å². The van der Waals surface area contributed by atoms with Crippen molar-refractivity contribution in [3.63, 3.8) is 0 Å². The minimum absolute atomic E-state index is 0.0424.